The number of amides is 4. The molecule has 2 unspecified atom stereocenters. The lowest BCUT2D eigenvalue weighted by Gasteiger charge is -2.40. The summed E-state index contributed by atoms with van der Waals surface area (Å²) in [5.74, 6) is -6.29. The Labute approximate surface area is 283 Å². The maximum atomic E-state index is 15.7. The van der Waals surface area contributed by atoms with Gasteiger partial charge in [-0.1, -0.05) is 13.0 Å². The van der Waals surface area contributed by atoms with Gasteiger partial charge in [-0.3, -0.25) is 23.9 Å². The molecule has 3 fully saturated rings. The van der Waals surface area contributed by atoms with Gasteiger partial charge in [0.1, 0.15) is 29.5 Å². The van der Waals surface area contributed by atoms with Crippen LogP contribution in [0.4, 0.5) is 23.2 Å². The van der Waals surface area contributed by atoms with Crippen LogP contribution in [0, 0.1) is 23.6 Å². The number of anilines is 1. The Morgan fingerprint density at radius 3 is 2.20 bits per heavy atom. The first-order valence-corrected chi connectivity index (χ1v) is 17.0. The van der Waals surface area contributed by atoms with Crippen LogP contribution in [0.2, 0.25) is 0 Å². The van der Waals surface area contributed by atoms with Gasteiger partial charge in [0.2, 0.25) is 17.7 Å². The summed E-state index contributed by atoms with van der Waals surface area (Å²) in [5.41, 5.74) is -0.678. The number of aryl methyl sites for hydroxylation is 1. The summed E-state index contributed by atoms with van der Waals surface area (Å²) in [5, 5.41) is 11.7. The molecule has 0 bridgehead atoms. The second kappa shape index (κ2) is 14.9. The molecular weight excluding hydrogens is 646 g/mol. The van der Waals surface area contributed by atoms with Crippen molar-refractivity contribution in [1.29, 1.82) is 0 Å². The predicted molar refractivity (Wildman–Crippen MR) is 173 cm³/mol. The van der Waals surface area contributed by atoms with E-state index in [4.69, 9.17) is 0 Å². The van der Waals surface area contributed by atoms with E-state index in [-0.39, 0.29) is 54.7 Å². The number of likely N-dealkylation sites (N-methyl/N-ethyl adjacent to an activating group) is 1. The molecule has 4 atom stereocenters. The van der Waals surface area contributed by atoms with Gasteiger partial charge in [-0.05, 0) is 88.1 Å². The Hall–Kier alpha value is -4.01. The van der Waals surface area contributed by atoms with Gasteiger partial charge in [-0.25, -0.2) is 4.39 Å². The van der Waals surface area contributed by atoms with Crippen molar-refractivity contribution < 1.29 is 36.7 Å². The summed E-state index contributed by atoms with van der Waals surface area (Å²) in [6.07, 6.45) is -0.120. The summed E-state index contributed by atoms with van der Waals surface area (Å²) < 4.78 is 61.6. The van der Waals surface area contributed by atoms with Crippen molar-refractivity contribution in [3.8, 4) is 0 Å². The van der Waals surface area contributed by atoms with E-state index in [0.717, 1.165) is 37.8 Å². The average molecular weight is 692 g/mol. The molecule has 4 amide bonds. The molecule has 1 aliphatic heterocycles. The fraction of sp³-hybridized carbons (Fsp3) is 0.618. The molecule has 0 radical (unpaired) electrons. The second-order valence-corrected chi connectivity index (χ2v) is 13.5. The number of piperazine rings is 1. The van der Waals surface area contributed by atoms with Crippen LogP contribution >= 0.6 is 0 Å². The van der Waals surface area contributed by atoms with Gasteiger partial charge in [0.15, 0.2) is 0 Å². The summed E-state index contributed by atoms with van der Waals surface area (Å²) in [4.78, 5) is 56.4. The third-order valence-electron chi connectivity index (χ3n) is 10.0. The molecule has 15 heteroatoms. The zero-order valence-corrected chi connectivity index (χ0v) is 28.2. The van der Waals surface area contributed by atoms with Gasteiger partial charge in [0.25, 0.3) is 5.91 Å². The van der Waals surface area contributed by atoms with Crippen molar-refractivity contribution in [3.63, 3.8) is 0 Å². The fourth-order valence-corrected chi connectivity index (χ4v) is 6.84. The molecule has 1 aromatic carbocycles. The molecule has 3 aliphatic rings. The summed E-state index contributed by atoms with van der Waals surface area (Å²) in [7, 11) is 1.85. The number of halogens is 4. The lowest BCUT2D eigenvalue weighted by molar-refractivity contribution is -0.168. The molecule has 11 nitrogen and oxygen atoms in total. The van der Waals surface area contributed by atoms with E-state index in [9.17, 15) is 32.3 Å². The van der Waals surface area contributed by atoms with Crippen LogP contribution in [-0.2, 0) is 20.9 Å². The van der Waals surface area contributed by atoms with Crippen LogP contribution in [0.3, 0.4) is 0 Å². The van der Waals surface area contributed by atoms with E-state index >= 15 is 4.39 Å². The van der Waals surface area contributed by atoms with Crippen LogP contribution in [0.5, 0.6) is 0 Å². The minimum Gasteiger partial charge on any atom is -0.343 e. The van der Waals surface area contributed by atoms with Crippen molar-refractivity contribution >= 4 is 29.3 Å². The van der Waals surface area contributed by atoms with Gasteiger partial charge in [-0.2, -0.15) is 18.3 Å². The van der Waals surface area contributed by atoms with Crippen LogP contribution < -0.4 is 16.0 Å². The third-order valence-corrected chi connectivity index (χ3v) is 10.0. The number of hydrogen-bond donors (Lipinski definition) is 3. The smallest absolute Gasteiger partial charge is 0.343 e. The van der Waals surface area contributed by atoms with Crippen LogP contribution in [0.25, 0.3) is 0 Å². The zero-order valence-electron chi connectivity index (χ0n) is 28.2. The first-order valence-electron chi connectivity index (χ1n) is 17.0. The highest BCUT2D eigenvalue weighted by molar-refractivity contribution is 6.01. The number of nitrogens with one attached hydrogen (secondary N) is 3. The Morgan fingerprint density at radius 2 is 1.65 bits per heavy atom. The summed E-state index contributed by atoms with van der Waals surface area (Å²) in [6.45, 7) is 6.33. The Bertz CT molecular complexity index is 1530. The fourth-order valence-electron chi connectivity index (χ4n) is 6.84. The minimum atomic E-state index is -5.04. The van der Waals surface area contributed by atoms with E-state index in [0.29, 0.717) is 19.2 Å². The molecular formula is C34H45F4N7O4. The molecule has 5 rings (SSSR count). The zero-order chi connectivity index (χ0) is 35.6. The van der Waals surface area contributed by atoms with E-state index < -0.39 is 59.2 Å². The number of benzene rings is 1. The van der Waals surface area contributed by atoms with Gasteiger partial charge in [0.05, 0.1) is 5.69 Å². The predicted octanol–water partition coefficient (Wildman–Crippen LogP) is 3.92. The Balaban J connectivity index is 1.41. The van der Waals surface area contributed by atoms with Crippen molar-refractivity contribution in [2.45, 2.75) is 89.6 Å². The molecule has 1 aromatic heterocycles. The maximum absolute atomic E-state index is 15.7. The average Bonchev–Trinajstić information content (AvgIpc) is 4.00. The number of hydrogen-bond acceptors (Lipinski definition) is 6. The van der Waals surface area contributed by atoms with Crippen LogP contribution in [-0.4, -0.2) is 94.2 Å². The molecule has 1 saturated heterocycles. The molecule has 2 aliphatic carbocycles. The minimum absolute atomic E-state index is 0.119. The number of alkyl halides is 3. The lowest BCUT2D eigenvalue weighted by Crippen LogP contribution is -2.59. The van der Waals surface area contributed by atoms with E-state index in [1.807, 2.05) is 25.8 Å². The van der Waals surface area contributed by atoms with Gasteiger partial charge in [0, 0.05) is 44.8 Å². The first-order chi connectivity index (χ1) is 23.2. The van der Waals surface area contributed by atoms with Gasteiger partial charge >= 0.3 is 6.18 Å². The molecule has 3 N–H and O–H groups in total. The van der Waals surface area contributed by atoms with Crippen molar-refractivity contribution in [2.75, 3.05) is 32.0 Å². The second-order valence-electron chi connectivity index (χ2n) is 13.5. The highest BCUT2D eigenvalue weighted by atomic mass is 19.4. The highest BCUT2D eigenvalue weighted by Gasteiger charge is 2.51. The highest BCUT2D eigenvalue weighted by Crippen LogP contribution is 2.51. The van der Waals surface area contributed by atoms with Gasteiger partial charge in [-0.15, -0.1) is 0 Å². The number of aromatic nitrogens is 2. The maximum Gasteiger partial charge on any atom is 0.398 e. The lowest BCUT2D eigenvalue weighted by atomic mass is 9.88. The van der Waals surface area contributed by atoms with Crippen LogP contribution in [0.1, 0.15) is 74.8 Å². The summed E-state index contributed by atoms with van der Waals surface area (Å²) in [6, 6.07) is 1.06. The number of carbonyl (C=O) groups is 4. The van der Waals surface area contributed by atoms with E-state index in [2.05, 4.69) is 21.0 Å². The first kappa shape index (κ1) is 36.3. The van der Waals surface area contributed by atoms with E-state index in [1.165, 1.54) is 28.8 Å². The van der Waals surface area contributed by atoms with E-state index in [1.54, 1.807) is 0 Å². The van der Waals surface area contributed by atoms with Crippen LogP contribution in [0.15, 0.2) is 30.5 Å². The van der Waals surface area contributed by atoms with Crippen molar-refractivity contribution in [3.05, 3.63) is 47.5 Å². The Kier molecular flexibility index (Phi) is 11.0. The molecule has 268 valence electrons. The monoisotopic (exact) mass is 691 g/mol. The largest absolute Gasteiger partial charge is 0.398 e. The quantitative estimate of drug-likeness (QED) is 0.274. The molecule has 0 spiro atoms. The van der Waals surface area contributed by atoms with Gasteiger partial charge < -0.3 is 25.8 Å². The SMILES string of the molecule is CCC(=O)NC(C(=O)N1CCN(C)[C@H](C)C1)C(c1ccc(NC(=O)[C@@H](NC(=O)c2ccnn2CC)C(C2CC2)C2CC2)c(F)c1)C(F)(F)F. The number of rotatable bonds is 13. The number of nitrogens with zero attached hydrogens (tertiary/aromatic N) is 4. The van der Waals surface area contributed by atoms with Crippen molar-refractivity contribution in [2.24, 2.45) is 17.8 Å². The molecule has 2 saturated carbocycles. The molecule has 2 aromatic rings. The third kappa shape index (κ3) is 8.42. The standard InChI is InChI=1S/C34H45F4N7O4/c1-5-26(46)41-30(33(49)44-16-15-43(4)19(3)18-44)28(34(36,37)38)22-11-12-24(23(35)17-22)40-32(48)29(27(20-7-8-20)21-9-10-21)42-31(47)25-13-14-39-45(25)6-2/h11-14,17,19-21,27-30H,5-10,15-16,18H2,1-4H3,(H,40,48)(H,41,46)(H,42,47)/t19-,28?,29+,30?/m1/s1. The molecule has 49 heavy (non-hydrogen) atoms. The molecule has 2 heterocycles. The van der Waals surface area contributed by atoms with Crippen molar-refractivity contribution in [1.82, 2.24) is 30.2 Å². The summed E-state index contributed by atoms with van der Waals surface area (Å²) >= 11 is 0. The topological polar surface area (TPSA) is 129 Å². The Morgan fingerprint density at radius 1 is 0.980 bits per heavy atom. The normalized spacial score (nSPS) is 20.4. The number of carbonyl (C=O) groups excluding carboxylic acids is 4.